The van der Waals surface area contributed by atoms with Crippen molar-refractivity contribution in [3.05, 3.63) is 101 Å². The number of hydrogen-bond acceptors (Lipinski definition) is 3. The van der Waals surface area contributed by atoms with Gasteiger partial charge in [0.1, 0.15) is 5.69 Å². The van der Waals surface area contributed by atoms with Gasteiger partial charge in [0.2, 0.25) is 5.60 Å². The van der Waals surface area contributed by atoms with Crippen LogP contribution in [0.15, 0.2) is 66.9 Å². The first kappa shape index (κ1) is 22.6. The number of benzene rings is 2. The molecule has 1 aliphatic rings. The first-order valence-electron chi connectivity index (χ1n) is 13.0. The number of aryl methyl sites for hydroxylation is 2. The van der Waals surface area contributed by atoms with Gasteiger partial charge < -0.3 is 13.9 Å². The van der Waals surface area contributed by atoms with Crippen LogP contribution in [0.4, 0.5) is 0 Å². The number of aromatic nitrogens is 3. The van der Waals surface area contributed by atoms with Gasteiger partial charge in [0.05, 0.1) is 5.56 Å². The molecule has 0 atom stereocenters. The van der Waals surface area contributed by atoms with Gasteiger partial charge in [0.25, 0.3) is 0 Å². The Bertz CT molecular complexity index is 1550. The fourth-order valence-corrected chi connectivity index (χ4v) is 6.51. The number of cyclic esters (lactones) is 1. The van der Waals surface area contributed by atoms with Gasteiger partial charge in [-0.15, -0.1) is 0 Å². The average molecular weight is 478 g/mol. The minimum absolute atomic E-state index is 0.316. The number of fused-ring (bicyclic) bond motifs is 3. The molecular weight excluding hydrogens is 446 g/mol. The fourth-order valence-electron chi connectivity index (χ4n) is 6.51. The summed E-state index contributed by atoms with van der Waals surface area (Å²) >= 11 is 0. The number of carbonyl (C=O) groups excluding carboxylic acids is 1. The maximum absolute atomic E-state index is 13.6. The number of ether oxygens (including phenoxy) is 1. The number of nitrogens with zero attached hydrogens (tertiary/aromatic N) is 3. The molecule has 0 N–H and O–H groups in total. The molecule has 0 fully saturated rings. The molecule has 3 aromatic heterocycles. The van der Waals surface area contributed by atoms with Crippen molar-refractivity contribution in [2.45, 2.75) is 59.2 Å². The van der Waals surface area contributed by atoms with Crippen molar-refractivity contribution in [2.24, 2.45) is 0 Å². The smallest absolute Gasteiger partial charge is 0.341 e. The van der Waals surface area contributed by atoms with Crippen LogP contribution in [0.25, 0.3) is 21.8 Å². The molecule has 0 saturated carbocycles. The van der Waals surface area contributed by atoms with Crippen LogP contribution in [0.5, 0.6) is 0 Å². The largest absolute Gasteiger partial charge is 0.439 e. The van der Waals surface area contributed by atoms with Crippen LogP contribution in [0.3, 0.4) is 0 Å². The number of esters is 1. The molecule has 2 aromatic carbocycles. The van der Waals surface area contributed by atoms with Gasteiger partial charge in [-0.1, -0.05) is 50.2 Å². The highest BCUT2D eigenvalue weighted by Gasteiger charge is 2.55. The van der Waals surface area contributed by atoms with Gasteiger partial charge in [-0.05, 0) is 51.0 Å². The van der Waals surface area contributed by atoms with Crippen molar-refractivity contribution in [2.75, 3.05) is 0 Å². The zero-order chi connectivity index (χ0) is 25.0. The number of hydrogen-bond donors (Lipinski definition) is 0. The summed E-state index contributed by atoms with van der Waals surface area (Å²) in [6.07, 6.45) is 3.41. The lowest BCUT2D eigenvalue weighted by molar-refractivity contribution is 0.0246. The Morgan fingerprint density at radius 1 is 0.750 bits per heavy atom. The predicted molar refractivity (Wildman–Crippen MR) is 144 cm³/mol. The van der Waals surface area contributed by atoms with Crippen molar-refractivity contribution >= 4 is 27.8 Å². The summed E-state index contributed by atoms with van der Waals surface area (Å²) in [7, 11) is 0. The van der Waals surface area contributed by atoms with E-state index < -0.39 is 5.60 Å². The van der Waals surface area contributed by atoms with Gasteiger partial charge >= 0.3 is 5.97 Å². The van der Waals surface area contributed by atoms with E-state index in [0.717, 1.165) is 58.9 Å². The molecule has 5 nitrogen and oxygen atoms in total. The molecule has 5 aromatic rings. The monoisotopic (exact) mass is 477 g/mol. The van der Waals surface area contributed by atoms with Crippen LogP contribution in [0.2, 0.25) is 0 Å². The minimum Gasteiger partial charge on any atom is -0.439 e. The Labute approximate surface area is 211 Å². The normalized spacial score (nSPS) is 14.5. The molecule has 0 radical (unpaired) electrons. The zero-order valence-corrected chi connectivity index (χ0v) is 21.3. The van der Waals surface area contributed by atoms with E-state index in [1.807, 2.05) is 12.1 Å². The third-order valence-corrected chi connectivity index (χ3v) is 7.77. The van der Waals surface area contributed by atoms with E-state index in [4.69, 9.17) is 9.72 Å². The molecule has 5 heteroatoms. The Hall–Kier alpha value is -3.86. The summed E-state index contributed by atoms with van der Waals surface area (Å²) < 4.78 is 11.4. The molecule has 6 rings (SSSR count). The third-order valence-electron chi connectivity index (χ3n) is 7.77. The molecule has 0 bridgehead atoms. The Balaban J connectivity index is 1.89. The van der Waals surface area contributed by atoms with E-state index in [1.165, 1.54) is 11.4 Å². The van der Waals surface area contributed by atoms with Gasteiger partial charge in [0, 0.05) is 63.6 Å². The maximum atomic E-state index is 13.6. The van der Waals surface area contributed by atoms with Crippen LogP contribution in [0, 0.1) is 0 Å². The molecule has 0 aliphatic carbocycles. The SMILES string of the molecule is CCc1c(C2(c3c(CC)n(CC)c4ccccc34)OC(=O)c3cccnc32)c2ccccc2n1CC. The molecule has 36 heavy (non-hydrogen) atoms. The number of rotatable bonds is 6. The number of para-hydroxylation sites is 2. The van der Waals surface area contributed by atoms with Crippen molar-refractivity contribution in [3.8, 4) is 0 Å². The topological polar surface area (TPSA) is 49.1 Å². The molecule has 0 saturated heterocycles. The highest BCUT2D eigenvalue weighted by molar-refractivity contribution is 6.00. The summed E-state index contributed by atoms with van der Waals surface area (Å²) in [5, 5.41) is 2.22. The Morgan fingerprint density at radius 2 is 1.28 bits per heavy atom. The zero-order valence-electron chi connectivity index (χ0n) is 21.3. The summed E-state index contributed by atoms with van der Waals surface area (Å²) in [6.45, 7) is 10.4. The number of carbonyl (C=O) groups is 1. The highest BCUT2D eigenvalue weighted by Crippen LogP contribution is 2.53. The van der Waals surface area contributed by atoms with Crippen molar-refractivity contribution in [1.82, 2.24) is 14.1 Å². The van der Waals surface area contributed by atoms with Crippen LogP contribution in [-0.2, 0) is 36.3 Å². The quantitative estimate of drug-likeness (QED) is 0.258. The molecule has 0 amide bonds. The molecule has 182 valence electrons. The predicted octanol–water partition coefficient (Wildman–Crippen LogP) is 6.62. The summed E-state index contributed by atoms with van der Waals surface area (Å²) in [5.74, 6) is -0.316. The lowest BCUT2D eigenvalue weighted by Crippen LogP contribution is -2.33. The van der Waals surface area contributed by atoms with Crippen LogP contribution in [0.1, 0.15) is 66.3 Å². The van der Waals surface area contributed by atoms with Gasteiger partial charge in [-0.2, -0.15) is 0 Å². The summed E-state index contributed by atoms with van der Waals surface area (Å²) in [4.78, 5) is 18.5. The molecule has 0 unspecified atom stereocenters. The highest BCUT2D eigenvalue weighted by atomic mass is 16.6. The molecule has 0 spiro atoms. The minimum atomic E-state index is -1.13. The van der Waals surface area contributed by atoms with Gasteiger partial charge in [0.15, 0.2) is 0 Å². The second-order valence-electron chi connectivity index (χ2n) is 9.34. The van der Waals surface area contributed by atoms with Crippen molar-refractivity contribution in [3.63, 3.8) is 0 Å². The third kappa shape index (κ3) is 2.77. The van der Waals surface area contributed by atoms with Gasteiger partial charge in [-0.3, -0.25) is 4.98 Å². The molecule has 4 heterocycles. The molecular formula is C31H31N3O2. The van der Waals surface area contributed by atoms with Gasteiger partial charge in [-0.25, -0.2) is 4.79 Å². The van der Waals surface area contributed by atoms with E-state index in [-0.39, 0.29) is 5.97 Å². The Kier molecular flexibility index (Phi) is 5.25. The Morgan fingerprint density at radius 3 is 1.78 bits per heavy atom. The first-order chi connectivity index (χ1) is 17.6. The van der Waals surface area contributed by atoms with E-state index in [1.54, 1.807) is 6.20 Å². The first-order valence-corrected chi connectivity index (χ1v) is 13.0. The van der Waals surface area contributed by atoms with Crippen LogP contribution in [-0.4, -0.2) is 20.1 Å². The lowest BCUT2D eigenvalue weighted by Gasteiger charge is -2.31. The van der Waals surface area contributed by atoms with Crippen LogP contribution < -0.4 is 0 Å². The number of pyridine rings is 1. The van der Waals surface area contributed by atoms with E-state index in [0.29, 0.717) is 11.3 Å². The maximum Gasteiger partial charge on any atom is 0.341 e. The van der Waals surface area contributed by atoms with E-state index in [9.17, 15) is 4.79 Å². The summed E-state index contributed by atoms with van der Waals surface area (Å²) in [6, 6.07) is 20.6. The fraction of sp³-hybridized carbons (Fsp3) is 0.290. The second-order valence-corrected chi connectivity index (χ2v) is 9.34. The van der Waals surface area contributed by atoms with E-state index >= 15 is 0 Å². The average Bonchev–Trinajstić information content (AvgIpc) is 3.53. The van der Waals surface area contributed by atoms with E-state index in [2.05, 4.69) is 85.4 Å². The van der Waals surface area contributed by atoms with Crippen molar-refractivity contribution in [1.29, 1.82) is 0 Å². The van der Waals surface area contributed by atoms with Crippen LogP contribution >= 0.6 is 0 Å². The summed E-state index contributed by atoms with van der Waals surface area (Å²) in [5.41, 5.74) is 6.86. The lowest BCUT2D eigenvalue weighted by atomic mass is 9.79. The van der Waals surface area contributed by atoms with Crippen molar-refractivity contribution < 1.29 is 9.53 Å². The molecule has 1 aliphatic heterocycles. The second kappa shape index (κ2) is 8.37. The standard InChI is InChI=1S/C31H31N3O2/c1-5-23-27(20-14-9-11-17-25(20)33(23)7-3)31(29-22(30(35)36-31)16-13-19-32-29)28-21-15-10-12-18-26(21)34(8-4)24(28)6-2/h9-19H,5-8H2,1-4H3.